The quantitative estimate of drug-likeness (QED) is 0.0629. The van der Waals surface area contributed by atoms with Crippen LogP contribution in [-0.4, -0.2) is 104 Å². The van der Waals surface area contributed by atoms with Crippen molar-refractivity contribution in [3.8, 4) is 11.5 Å². The Balaban J connectivity index is 1.70. The van der Waals surface area contributed by atoms with Gasteiger partial charge in [0.05, 0.1) is 38.1 Å². The zero-order valence-corrected chi connectivity index (χ0v) is 32.4. The lowest BCUT2D eigenvalue weighted by atomic mass is 9.55. The van der Waals surface area contributed by atoms with Crippen LogP contribution in [0.5, 0.6) is 11.5 Å². The molecule has 6 unspecified atom stereocenters. The lowest BCUT2D eigenvalue weighted by molar-refractivity contribution is -0.258. The van der Waals surface area contributed by atoms with Crippen LogP contribution in [0.25, 0.3) is 0 Å². The van der Waals surface area contributed by atoms with Crippen LogP contribution in [0.1, 0.15) is 95.0 Å². The summed E-state index contributed by atoms with van der Waals surface area (Å²) < 4.78 is 26.2. The average molecular weight is 753 g/mol. The zero-order chi connectivity index (χ0) is 38.3. The van der Waals surface area contributed by atoms with Gasteiger partial charge in [-0.25, -0.2) is 0 Å². The molecule has 0 bridgehead atoms. The highest BCUT2D eigenvalue weighted by molar-refractivity contribution is 6.03. The van der Waals surface area contributed by atoms with Gasteiger partial charge in [0, 0.05) is 44.1 Å². The van der Waals surface area contributed by atoms with Gasteiger partial charge in [-0.05, 0) is 73.6 Å². The predicted molar refractivity (Wildman–Crippen MR) is 208 cm³/mol. The third kappa shape index (κ3) is 9.77. The third-order valence-corrected chi connectivity index (χ3v) is 11.9. The molecule has 11 heteroatoms. The van der Waals surface area contributed by atoms with E-state index in [1.54, 1.807) is 19.3 Å². The number of fused-ring (bicyclic) bond motifs is 2. The minimum Gasteiger partial charge on any atom is -0.490 e. The summed E-state index contributed by atoms with van der Waals surface area (Å²) >= 11 is 0. The molecule has 3 N–H and O–H groups in total. The van der Waals surface area contributed by atoms with Crippen LogP contribution in [-0.2, 0) is 19.1 Å². The number of aliphatic hydroxyl groups is 3. The van der Waals surface area contributed by atoms with Gasteiger partial charge in [0.15, 0.2) is 0 Å². The van der Waals surface area contributed by atoms with E-state index < -0.39 is 11.8 Å². The summed E-state index contributed by atoms with van der Waals surface area (Å²) in [6.45, 7) is 9.26. The first-order valence-corrected chi connectivity index (χ1v) is 20.3. The number of amides is 1. The van der Waals surface area contributed by atoms with Gasteiger partial charge in [0.25, 0.3) is 0 Å². The summed E-state index contributed by atoms with van der Waals surface area (Å²) in [5.41, 5.74) is 2.76. The van der Waals surface area contributed by atoms with Gasteiger partial charge < -0.3 is 44.0 Å². The first kappa shape index (κ1) is 41.9. The van der Waals surface area contributed by atoms with Gasteiger partial charge in [-0.3, -0.25) is 4.79 Å². The topological polar surface area (TPSA) is 140 Å². The summed E-state index contributed by atoms with van der Waals surface area (Å²) in [6, 6.07) is 5.35. The van der Waals surface area contributed by atoms with Crippen molar-refractivity contribution in [1.29, 1.82) is 0 Å². The number of benzene rings is 1. The van der Waals surface area contributed by atoms with E-state index in [0.717, 1.165) is 61.8 Å². The van der Waals surface area contributed by atoms with Gasteiger partial charge in [0.1, 0.15) is 31.3 Å². The van der Waals surface area contributed by atoms with E-state index in [9.17, 15) is 20.1 Å². The second kappa shape index (κ2) is 21.2. The van der Waals surface area contributed by atoms with Crippen LogP contribution in [0.15, 0.2) is 60.3 Å². The SMILES string of the molecule is C=CCOc1ccc2c(c1)C1C(CCCCO)C(CCCCO)C=C3C(=NOC)CC(N(CCOCCO)C(=O)CCC4CCCC4)C(OCC=C)(O2)C31. The molecule has 300 valence electrons. The normalized spacial score (nSPS) is 26.7. The molecule has 0 aromatic heterocycles. The largest absolute Gasteiger partial charge is 0.490 e. The molecule has 0 saturated heterocycles. The van der Waals surface area contributed by atoms with E-state index in [-0.39, 0.29) is 69.2 Å². The average Bonchev–Trinajstić information content (AvgIpc) is 3.71. The van der Waals surface area contributed by atoms with E-state index in [4.69, 9.17) is 23.8 Å². The van der Waals surface area contributed by atoms with Crippen molar-refractivity contribution in [3.05, 3.63) is 60.7 Å². The molecule has 1 aromatic carbocycles. The number of carbonyl (C=O) groups excluding carboxylic acids is 1. The maximum Gasteiger partial charge on any atom is 0.239 e. The minimum absolute atomic E-state index is 0.0154. The third-order valence-electron chi connectivity index (χ3n) is 11.9. The van der Waals surface area contributed by atoms with Crippen molar-refractivity contribution in [3.63, 3.8) is 0 Å². The van der Waals surface area contributed by atoms with Crippen LogP contribution in [0.3, 0.4) is 0 Å². The highest BCUT2D eigenvalue weighted by atomic mass is 16.7. The Morgan fingerprint density at radius 1 is 1.00 bits per heavy atom. The smallest absolute Gasteiger partial charge is 0.239 e. The molecule has 5 rings (SSSR count). The Kier molecular flexibility index (Phi) is 16.4. The van der Waals surface area contributed by atoms with E-state index in [2.05, 4.69) is 30.5 Å². The fourth-order valence-corrected chi connectivity index (χ4v) is 9.56. The van der Waals surface area contributed by atoms with Crippen molar-refractivity contribution in [1.82, 2.24) is 4.90 Å². The molecule has 2 fully saturated rings. The van der Waals surface area contributed by atoms with E-state index >= 15 is 0 Å². The highest BCUT2D eigenvalue weighted by Crippen LogP contribution is 2.62. The Bertz CT molecular complexity index is 1430. The Morgan fingerprint density at radius 3 is 2.46 bits per heavy atom. The molecule has 0 radical (unpaired) electrons. The molecule has 54 heavy (non-hydrogen) atoms. The van der Waals surface area contributed by atoms with Crippen LogP contribution >= 0.6 is 0 Å². The van der Waals surface area contributed by atoms with E-state index in [1.807, 2.05) is 17.0 Å². The van der Waals surface area contributed by atoms with Crippen molar-refractivity contribution in [2.24, 2.45) is 28.8 Å². The predicted octanol–water partition coefficient (Wildman–Crippen LogP) is 6.32. The molecule has 4 aliphatic rings. The molecule has 1 aliphatic heterocycles. The number of carbonyl (C=O) groups is 1. The summed E-state index contributed by atoms with van der Waals surface area (Å²) in [5, 5.41) is 33.8. The number of allylic oxidation sites excluding steroid dienone is 1. The van der Waals surface area contributed by atoms with Crippen molar-refractivity contribution < 1.29 is 43.9 Å². The van der Waals surface area contributed by atoms with Crippen molar-refractivity contribution in [2.45, 2.75) is 101 Å². The standard InChI is InChI=1S/C43H64N2O9/c1-4-24-52-33-17-18-38-36(29-33)41-34(15-9-11-22-47)32(14-8-10-21-46)28-35-37(44-50-3)30-39(43(54-38,42(35)41)53-25-5-2)45(20-26-51-27-23-48)40(49)19-16-31-12-6-7-13-31/h4-5,17-18,28-29,31-32,34,39,41-42,46-48H,1-2,6-16,19-27,30H2,3H3. The molecular weight excluding hydrogens is 688 g/mol. The highest BCUT2D eigenvalue weighted by Gasteiger charge is 2.65. The van der Waals surface area contributed by atoms with Crippen LogP contribution in [0.4, 0.5) is 0 Å². The lowest BCUT2D eigenvalue weighted by Gasteiger charge is -2.60. The Labute approximate surface area is 322 Å². The lowest BCUT2D eigenvalue weighted by Crippen LogP contribution is -2.70. The van der Waals surface area contributed by atoms with Crippen molar-refractivity contribution in [2.75, 3.05) is 59.9 Å². The summed E-state index contributed by atoms with van der Waals surface area (Å²) in [7, 11) is 1.55. The molecule has 3 aliphatic carbocycles. The minimum atomic E-state index is -1.32. The van der Waals surface area contributed by atoms with Crippen LogP contribution in [0, 0.1) is 23.7 Å². The summed E-state index contributed by atoms with van der Waals surface area (Å²) in [4.78, 5) is 22.1. The fraction of sp³-hybridized carbons (Fsp3) is 0.674. The second-order valence-corrected chi connectivity index (χ2v) is 15.2. The molecule has 0 spiro atoms. The molecule has 1 aromatic rings. The van der Waals surface area contributed by atoms with Crippen LogP contribution < -0.4 is 9.47 Å². The fourth-order valence-electron chi connectivity index (χ4n) is 9.56. The summed E-state index contributed by atoms with van der Waals surface area (Å²) in [5.74, 6) is 0.373. The van der Waals surface area contributed by atoms with Crippen molar-refractivity contribution >= 4 is 11.6 Å². The number of nitrogens with zero attached hydrogens (tertiary/aromatic N) is 2. The number of unbranched alkanes of at least 4 members (excludes halogenated alkanes) is 2. The monoisotopic (exact) mass is 752 g/mol. The first-order valence-electron chi connectivity index (χ1n) is 20.3. The summed E-state index contributed by atoms with van der Waals surface area (Å²) in [6.07, 6.45) is 16.9. The van der Waals surface area contributed by atoms with Gasteiger partial charge in [0.2, 0.25) is 11.7 Å². The first-order chi connectivity index (χ1) is 26.5. The number of rotatable bonds is 24. The van der Waals surface area contributed by atoms with Gasteiger partial charge in [-0.2, -0.15) is 0 Å². The van der Waals surface area contributed by atoms with Gasteiger partial charge in [-0.1, -0.05) is 68.5 Å². The van der Waals surface area contributed by atoms with Crippen LogP contribution in [0.2, 0.25) is 0 Å². The van der Waals surface area contributed by atoms with Gasteiger partial charge >= 0.3 is 0 Å². The van der Waals surface area contributed by atoms with Gasteiger partial charge in [-0.15, -0.1) is 6.58 Å². The molecule has 1 heterocycles. The number of oxime groups is 1. The molecule has 1 amide bonds. The number of hydrogen-bond donors (Lipinski definition) is 3. The molecular formula is C43H64N2O9. The number of aliphatic hydroxyl groups excluding tert-OH is 3. The Hall–Kier alpha value is -3.22. The second-order valence-electron chi connectivity index (χ2n) is 15.2. The molecule has 6 atom stereocenters. The molecule has 2 saturated carbocycles. The molecule has 11 nitrogen and oxygen atoms in total. The zero-order valence-electron chi connectivity index (χ0n) is 32.4. The Morgan fingerprint density at radius 2 is 1.76 bits per heavy atom. The maximum absolute atomic E-state index is 14.6. The number of hydrogen-bond acceptors (Lipinski definition) is 10. The maximum atomic E-state index is 14.6. The van der Waals surface area contributed by atoms with E-state index in [0.29, 0.717) is 56.3 Å². The number of ether oxygens (including phenoxy) is 4. The van der Waals surface area contributed by atoms with E-state index in [1.165, 1.54) is 12.8 Å².